The molecule has 148 valence electrons. The smallest absolute Gasteiger partial charge is 0.338 e. The summed E-state index contributed by atoms with van der Waals surface area (Å²) in [5.74, 6) is 0.969. The van der Waals surface area contributed by atoms with Crippen LogP contribution in [0.25, 0.3) is 0 Å². The van der Waals surface area contributed by atoms with Gasteiger partial charge in [0, 0.05) is 5.41 Å². The number of hydrogen-bond donors (Lipinski definition) is 1. The van der Waals surface area contributed by atoms with Crippen LogP contribution in [0.2, 0.25) is 0 Å². The van der Waals surface area contributed by atoms with Gasteiger partial charge in [0.2, 0.25) is 0 Å². The lowest BCUT2D eigenvalue weighted by Gasteiger charge is -2.46. The minimum atomic E-state index is -0.819. The van der Waals surface area contributed by atoms with Crippen LogP contribution in [-0.2, 0) is 4.74 Å². The van der Waals surface area contributed by atoms with Crippen molar-refractivity contribution in [3.63, 3.8) is 0 Å². The Balaban J connectivity index is 1.90. The quantitative estimate of drug-likeness (QED) is 0.611. The maximum atomic E-state index is 12.8. The van der Waals surface area contributed by atoms with Gasteiger partial charge in [-0.05, 0) is 74.8 Å². The van der Waals surface area contributed by atoms with Gasteiger partial charge in [0.05, 0.1) is 18.3 Å². The molecule has 1 saturated carbocycles. The molecule has 0 bridgehead atoms. The number of ether oxygens (including phenoxy) is 2. The zero-order chi connectivity index (χ0) is 19.8. The largest absolute Gasteiger partial charge is 0.497 e. The van der Waals surface area contributed by atoms with Gasteiger partial charge in [-0.2, -0.15) is 0 Å². The number of aliphatic hydroxyl groups is 1. The fraction of sp³-hybridized carbons (Fsp3) is 0.609. The Morgan fingerprint density at radius 2 is 1.89 bits per heavy atom. The van der Waals surface area contributed by atoms with Gasteiger partial charge < -0.3 is 14.6 Å². The molecule has 2 aliphatic rings. The van der Waals surface area contributed by atoms with Crippen molar-refractivity contribution in [1.82, 2.24) is 0 Å². The number of benzene rings is 1. The fourth-order valence-corrected chi connectivity index (χ4v) is 5.07. The average molecular weight is 373 g/mol. The number of allylic oxidation sites excluding steroid dienone is 1. The van der Waals surface area contributed by atoms with E-state index in [4.69, 9.17) is 9.47 Å². The third kappa shape index (κ3) is 3.40. The zero-order valence-electron chi connectivity index (χ0n) is 17.1. The maximum Gasteiger partial charge on any atom is 0.338 e. The van der Waals surface area contributed by atoms with Crippen molar-refractivity contribution in [3.05, 3.63) is 41.5 Å². The molecule has 0 saturated heterocycles. The summed E-state index contributed by atoms with van der Waals surface area (Å²) in [6, 6.07) is 6.95. The highest BCUT2D eigenvalue weighted by Gasteiger charge is 2.61. The van der Waals surface area contributed by atoms with E-state index < -0.39 is 17.1 Å². The first-order chi connectivity index (χ1) is 12.7. The minimum absolute atomic E-state index is 0.226. The van der Waals surface area contributed by atoms with Crippen LogP contribution in [-0.4, -0.2) is 29.9 Å². The number of carbonyl (C=O) groups excluding carboxylic acids is 1. The van der Waals surface area contributed by atoms with Crippen molar-refractivity contribution in [2.75, 3.05) is 7.11 Å². The van der Waals surface area contributed by atoms with Gasteiger partial charge in [-0.15, -0.1) is 0 Å². The molecule has 1 fully saturated rings. The molecule has 1 N–H and O–H groups in total. The van der Waals surface area contributed by atoms with Crippen LogP contribution in [0.4, 0.5) is 0 Å². The second kappa shape index (κ2) is 7.31. The lowest BCUT2D eigenvalue weighted by molar-refractivity contribution is -0.134. The second-order valence-electron chi connectivity index (χ2n) is 8.80. The van der Waals surface area contributed by atoms with E-state index in [2.05, 4.69) is 33.8 Å². The third-order valence-electron chi connectivity index (χ3n) is 6.91. The predicted molar refractivity (Wildman–Crippen MR) is 106 cm³/mol. The lowest BCUT2D eigenvalue weighted by atomic mass is 9.66. The van der Waals surface area contributed by atoms with Gasteiger partial charge in [0.15, 0.2) is 0 Å². The molecule has 4 nitrogen and oxygen atoms in total. The molecular weight excluding hydrogens is 340 g/mol. The summed E-state index contributed by atoms with van der Waals surface area (Å²) in [6.07, 6.45) is 5.02. The lowest BCUT2D eigenvalue weighted by Crippen LogP contribution is -2.53. The zero-order valence-corrected chi connectivity index (χ0v) is 17.1. The van der Waals surface area contributed by atoms with E-state index in [9.17, 15) is 9.90 Å². The first-order valence-electron chi connectivity index (χ1n) is 9.96. The van der Waals surface area contributed by atoms with E-state index in [0.29, 0.717) is 17.2 Å². The molecule has 0 unspecified atom stereocenters. The van der Waals surface area contributed by atoms with Crippen LogP contribution in [0.15, 0.2) is 35.9 Å². The van der Waals surface area contributed by atoms with Gasteiger partial charge in [-0.1, -0.05) is 26.3 Å². The van der Waals surface area contributed by atoms with Crippen molar-refractivity contribution >= 4 is 5.97 Å². The van der Waals surface area contributed by atoms with Crippen molar-refractivity contribution in [2.45, 2.75) is 65.1 Å². The number of hydrogen-bond acceptors (Lipinski definition) is 4. The van der Waals surface area contributed by atoms with Crippen LogP contribution in [0.5, 0.6) is 5.75 Å². The van der Waals surface area contributed by atoms with Crippen molar-refractivity contribution in [3.8, 4) is 5.75 Å². The van der Waals surface area contributed by atoms with Crippen LogP contribution in [0.3, 0.4) is 0 Å². The summed E-state index contributed by atoms with van der Waals surface area (Å²) < 4.78 is 11.2. The number of methoxy groups -OCH3 is 1. The normalized spacial score (nSPS) is 33.2. The average Bonchev–Trinajstić information content (AvgIpc) is 2.87. The summed E-state index contributed by atoms with van der Waals surface area (Å²) >= 11 is 0. The van der Waals surface area contributed by atoms with E-state index in [1.807, 2.05) is 0 Å². The van der Waals surface area contributed by atoms with Gasteiger partial charge in [-0.3, -0.25) is 0 Å². The fourth-order valence-electron chi connectivity index (χ4n) is 5.07. The van der Waals surface area contributed by atoms with Crippen molar-refractivity contribution < 1.29 is 19.4 Å². The molecule has 3 rings (SSSR count). The Hall–Kier alpha value is -1.81. The number of carbonyl (C=O) groups is 1. The topological polar surface area (TPSA) is 55.8 Å². The predicted octanol–water partition coefficient (Wildman–Crippen LogP) is 4.76. The molecule has 0 spiro atoms. The molecule has 0 heterocycles. The van der Waals surface area contributed by atoms with Crippen molar-refractivity contribution in [2.24, 2.45) is 17.3 Å². The van der Waals surface area contributed by atoms with Gasteiger partial charge in [-0.25, -0.2) is 4.79 Å². The monoisotopic (exact) mass is 372 g/mol. The van der Waals surface area contributed by atoms with E-state index in [1.165, 1.54) is 5.57 Å². The molecular formula is C23H32O4. The summed E-state index contributed by atoms with van der Waals surface area (Å²) in [6.45, 7) is 8.51. The summed E-state index contributed by atoms with van der Waals surface area (Å²) in [5.41, 5.74) is 0.382. The van der Waals surface area contributed by atoms with Crippen molar-refractivity contribution in [1.29, 1.82) is 0 Å². The third-order valence-corrected chi connectivity index (χ3v) is 6.91. The molecule has 2 aliphatic carbocycles. The molecule has 27 heavy (non-hydrogen) atoms. The Bertz CT molecular complexity index is 720. The van der Waals surface area contributed by atoms with E-state index in [-0.39, 0.29) is 11.9 Å². The summed E-state index contributed by atoms with van der Waals surface area (Å²) in [7, 11) is 1.60. The van der Waals surface area contributed by atoms with Crippen LogP contribution in [0.1, 0.15) is 63.7 Å². The highest BCUT2D eigenvalue weighted by atomic mass is 16.5. The highest BCUT2D eigenvalue weighted by Crippen LogP contribution is 2.58. The van der Waals surface area contributed by atoms with Gasteiger partial charge >= 0.3 is 5.97 Å². The van der Waals surface area contributed by atoms with Crippen LogP contribution < -0.4 is 4.74 Å². The second-order valence-corrected chi connectivity index (χ2v) is 8.80. The minimum Gasteiger partial charge on any atom is -0.497 e. The number of fused-ring (bicyclic) bond motifs is 1. The summed E-state index contributed by atoms with van der Waals surface area (Å²) in [4.78, 5) is 12.8. The molecule has 0 aliphatic heterocycles. The summed E-state index contributed by atoms with van der Waals surface area (Å²) in [5, 5.41) is 11.8. The SMILES string of the molecule is COc1ccc(C(=O)O[C@H]2C=C(C)CC[C@@]3(O)[C@H](C(C)C)CC[C@@]23C)cc1. The molecule has 1 aromatic carbocycles. The van der Waals surface area contributed by atoms with Crippen LogP contribution in [0, 0.1) is 17.3 Å². The maximum absolute atomic E-state index is 12.8. The molecule has 0 amide bonds. The molecule has 4 atom stereocenters. The Kier molecular flexibility index (Phi) is 5.40. The number of rotatable bonds is 4. The highest BCUT2D eigenvalue weighted by molar-refractivity contribution is 5.89. The number of esters is 1. The molecule has 4 heteroatoms. The molecule has 0 radical (unpaired) electrons. The van der Waals surface area contributed by atoms with Crippen LogP contribution >= 0.6 is 0 Å². The molecule has 0 aromatic heterocycles. The Morgan fingerprint density at radius 3 is 2.48 bits per heavy atom. The van der Waals surface area contributed by atoms with E-state index in [1.54, 1.807) is 31.4 Å². The first kappa shape index (κ1) is 19.9. The standard InChI is InChI=1S/C23H32O4/c1-15(2)19-11-12-22(4)20(14-16(3)10-13-23(19,22)25)27-21(24)17-6-8-18(26-5)9-7-17/h6-9,14-15,19-20,25H,10-13H2,1-5H3/t19-,20-,22-,23+/m0/s1. The molecule has 1 aromatic rings. The Morgan fingerprint density at radius 1 is 1.22 bits per heavy atom. The van der Waals surface area contributed by atoms with Gasteiger partial charge in [0.1, 0.15) is 11.9 Å². The van der Waals surface area contributed by atoms with Gasteiger partial charge in [0.25, 0.3) is 0 Å². The Labute approximate surface area is 162 Å². The first-order valence-corrected chi connectivity index (χ1v) is 9.96. The van der Waals surface area contributed by atoms with E-state index in [0.717, 1.165) is 25.7 Å². The van der Waals surface area contributed by atoms with E-state index >= 15 is 0 Å².